The molecule has 1 atom stereocenters. The minimum Gasteiger partial charge on any atom is -0.398 e. The molecule has 1 rings (SSSR count). The fraction of sp³-hybridized carbons (Fsp3) is 0.417. The van der Waals surface area contributed by atoms with Gasteiger partial charge < -0.3 is 5.73 Å². The van der Waals surface area contributed by atoms with Crippen LogP contribution in [0, 0.1) is 5.92 Å². The van der Waals surface area contributed by atoms with E-state index in [0.29, 0.717) is 11.3 Å². The summed E-state index contributed by atoms with van der Waals surface area (Å²) in [6.45, 7) is 5.35. The number of hydrogen-bond donors (Lipinski definition) is 1. The molecule has 1 aliphatic carbocycles. The van der Waals surface area contributed by atoms with E-state index in [9.17, 15) is 13.2 Å². The summed E-state index contributed by atoms with van der Waals surface area (Å²) in [4.78, 5) is 3.77. The van der Waals surface area contributed by atoms with Crippen molar-refractivity contribution in [3.63, 3.8) is 0 Å². The van der Waals surface area contributed by atoms with E-state index in [1.807, 2.05) is 19.1 Å². The summed E-state index contributed by atoms with van der Waals surface area (Å²) in [6, 6.07) is 0. The smallest absolute Gasteiger partial charge is 0.392 e. The van der Waals surface area contributed by atoms with Gasteiger partial charge >= 0.3 is 6.18 Å². The lowest BCUT2D eigenvalue weighted by Crippen LogP contribution is -2.11. The lowest BCUT2D eigenvalue weighted by Gasteiger charge is -2.17. The van der Waals surface area contributed by atoms with E-state index in [2.05, 4.69) is 11.7 Å². The molecule has 0 bridgehead atoms. The average Bonchev–Trinajstić information content (AvgIpc) is 2.25. The Hall–Kier alpha value is -1.52. The summed E-state index contributed by atoms with van der Waals surface area (Å²) in [5.74, 6) is 0.244. The Kier molecular flexibility index (Phi) is 4.15. The molecular formula is C12H15F3N2. The van der Waals surface area contributed by atoms with Crippen LogP contribution in [0.5, 0.6) is 0 Å². The number of rotatable bonds is 3. The fourth-order valence-electron chi connectivity index (χ4n) is 1.57. The van der Waals surface area contributed by atoms with E-state index in [-0.39, 0.29) is 11.6 Å². The van der Waals surface area contributed by atoms with Gasteiger partial charge in [-0.15, -0.1) is 0 Å². The van der Waals surface area contributed by atoms with Crippen LogP contribution in [0.2, 0.25) is 0 Å². The number of nitrogens with zero attached hydrogens (tertiary/aromatic N) is 1. The summed E-state index contributed by atoms with van der Waals surface area (Å²) >= 11 is 0. The van der Waals surface area contributed by atoms with Crippen molar-refractivity contribution in [1.82, 2.24) is 0 Å². The summed E-state index contributed by atoms with van der Waals surface area (Å²) < 4.78 is 36.2. The average molecular weight is 244 g/mol. The fourth-order valence-corrected chi connectivity index (χ4v) is 1.57. The van der Waals surface area contributed by atoms with Gasteiger partial charge in [-0.3, -0.25) is 4.99 Å². The highest BCUT2D eigenvalue weighted by molar-refractivity contribution is 5.49. The van der Waals surface area contributed by atoms with Gasteiger partial charge in [0.1, 0.15) is 0 Å². The Morgan fingerprint density at radius 2 is 2.29 bits per heavy atom. The first-order chi connectivity index (χ1) is 7.83. The van der Waals surface area contributed by atoms with E-state index in [1.54, 1.807) is 0 Å². The predicted molar refractivity (Wildman–Crippen MR) is 62.4 cm³/mol. The molecule has 0 amide bonds. The van der Waals surface area contributed by atoms with Crippen LogP contribution in [-0.2, 0) is 0 Å². The van der Waals surface area contributed by atoms with Gasteiger partial charge in [-0.25, -0.2) is 0 Å². The molecule has 17 heavy (non-hydrogen) atoms. The monoisotopic (exact) mass is 244 g/mol. The molecule has 1 unspecified atom stereocenters. The highest BCUT2D eigenvalue weighted by Gasteiger charge is 2.26. The van der Waals surface area contributed by atoms with Crippen molar-refractivity contribution in [3.8, 4) is 0 Å². The van der Waals surface area contributed by atoms with Crippen LogP contribution in [0.25, 0.3) is 0 Å². The third-order valence-electron chi connectivity index (χ3n) is 2.44. The highest BCUT2D eigenvalue weighted by atomic mass is 19.4. The number of alkyl halides is 3. The van der Waals surface area contributed by atoms with Gasteiger partial charge in [0, 0.05) is 11.3 Å². The van der Waals surface area contributed by atoms with Gasteiger partial charge in [0.05, 0.1) is 12.1 Å². The lowest BCUT2D eigenvalue weighted by molar-refractivity contribution is -0.125. The molecule has 2 nitrogen and oxygen atoms in total. The molecule has 0 aromatic heterocycles. The first-order valence-electron chi connectivity index (χ1n) is 5.25. The van der Waals surface area contributed by atoms with Gasteiger partial charge in [0.15, 0.2) is 0 Å². The molecule has 0 aromatic rings. The standard InChI is InChI=1S/C12H15F3N2/c1-8-3-4-11(17-2)9(7-8)10(16)5-6-12(13,14)15/h4-5,7-8H,2-3,6,16H2,1H3/b10-5+. The molecule has 0 saturated heterocycles. The second-order valence-corrected chi connectivity index (χ2v) is 4.02. The molecule has 94 valence electrons. The summed E-state index contributed by atoms with van der Waals surface area (Å²) in [5.41, 5.74) is 6.85. The van der Waals surface area contributed by atoms with Gasteiger partial charge in [0.25, 0.3) is 0 Å². The van der Waals surface area contributed by atoms with Crippen LogP contribution in [-0.4, -0.2) is 12.9 Å². The maximum absolute atomic E-state index is 12.1. The highest BCUT2D eigenvalue weighted by Crippen LogP contribution is 2.28. The Morgan fingerprint density at radius 1 is 1.65 bits per heavy atom. The SMILES string of the molecule is C=NC1=CCC(C)C=C1/C(N)=C\CC(F)(F)F. The zero-order chi connectivity index (χ0) is 13.1. The minimum atomic E-state index is -4.24. The first kappa shape index (κ1) is 13.5. The summed E-state index contributed by atoms with van der Waals surface area (Å²) in [5, 5.41) is 0. The number of nitrogens with two attached hydrogens (primary N) is 1. The van der Waals surface area contributed by atoms with Crippen molar-refractivity contribution >= 4 is 6.72 Å². The van der Waals surface area contributed by atoms with E-state index >= 15 is 0 Å². The molecule has 2 N–H and O–H groups in total. The third-order valence-corrected chi connectivity index (χ3v) is 2.44. The van der Waals surface area contributed by atoms with Gasteiger partial charge in [0.2, 0.25) is 0 Å². The molecule has 0 heterocycles. The third kappa shape index (κ3) is 4.09. The second kappa shape index (κ2) is 5.21. The number of halogens is 3. The van der Waals surface area contributed by atoms with Crippen LogP contribution in [0.15, 0.2) is 40.2 Å². The Labute approximate surface area is 98.4 Å². The first-order valence-corrected chi connectivity index (χ1v) is 5.25. The van der Waals surface area contributed by atoms with Crippen molar-refractivity contribution in [2.24, 2.45) is 16.6 Å². The molecule has 1 aliphatic rings. The minimum absolute atomic E-state index is 0.104. The summed E-state index contributed by atoms with van der Waals surface area (Å²) in [6.07, 6.45) is 0.159. The van der Waals surface area contributed by atoms with Crippen molar-refractivity contribution in [2.75, 3.05) is 0 Å². The van der Waals surface area contributed by atoms with Gasteiger partial charge in [-0.05, 0) is 19.1 Å². The normalized spacial score (nSPS) is 21.9. The molecule has 5 heteroatoms. The molecule has 0 spiro atoms. The van der Waals surface area contributed by atoms with Crippen LogP contribution in [0.3, 0.4) is 0 Å². The molecular weight excluding hydrogens is 229 g/mol. The van der Waals surface area contributed by atoms with Crippen molar-refractivity contribution < 1.29 is 13.2 Å². The van der Waals surface area contributed by atoms with Crippen molar-refractivity contribution in [1.29, 1.82) is 0 Å². The predicted octanol–water partition coefficient (Wildman–Crippen LogP) is 3.33. The Balaban J connectivity index is 2.90. The molecule has 0 saturated carbocycles. The van der Waals surface area contributed by atoms with E-state index in [1.165, 1.54) is 0 Å². The van der Waals surface area contributed by atoms with Crippen molar-refractivity contribution in [3.05, 3.63) is 35.2 Å². The quantitative estimate of drug-likeness (QED) is 0.760. The van der Waals surface area contributed by atoms with Gasteiger partial charge in [-0.2, -0.15) is 13.2 Å². The topological polar surface area (TPSA) is 38.4 Å². The molecule has 0 fully saturated rings. The van der Waals surface area contributed by atoms with Gasteiger partial charge in [-0.1, -0.05) is 25.2 Å². The Bertz CT molecular complexity index is 389. The van der Waals surface area contributed by atoms with Crippen LogP contribution < -0.4 is 5.73 Å². The molecule has 0 aromatic carbocycles. The zero-order valence-electron chi connectivity index (χ0n) is 9.59. The maximum atomic E-state index is 12.1. The largest absolute Gasteiger partial charge is 0.398 e. The zero-order valence-corrected chi connectivity index (χ0v) is 9.59. The number of hydrogen-bond acceptors (Lipinski definition) is 2. The van der Waals surface area contributed by atoms with Crippen LogP contribution in [0.4, 0.5) is 13.2 Å². The van der Waals surface area contributed by atoms with E-state index in [0.717, 1.165) is 12.5 Å². The van der Waals surface area contributed by atoms with Crippen molar-refractivity contribution in [2.45, 2.75) is 25.9 Å². The molecule has 0 radical (unpaired) electrons. The van der Waals surface area contributed by atoms with E-state index in [4.69, 9.17) is 5.73 Å². The van der Waals surface area contributed by atoms with Crippen LogP contribution >= 0.6 is 0 Å². The molecule has 0 aliphatic heterocycles. The van der Waals surface area contributed by atoms with Crippen LogP contribution in [0.1, 0.15) is 19.8 Å². The maximum Gasteiger partial charge on any atom is 0.392 e. The summed E-state index contributed by atoms with van der Waals surface area (Å²) in [7, 11) is 0. The second-order valence-electron chi connectivity index (χ2n) is 4.02. The Morgan fingerprint density at radius 3 is 2.82 bits per heavy atom. The number of allylic oxidation sites excluding steroid dienone is 3. The lowest BCUT2D eigenvalue weighted by atomic mass is 9.93. The van der Waals surface area contributed by atoms with E-state index < -0.39 is 12.6 Å². The number of aliphatic imine (C=N–C) groups is 1.